The van der Waals surface area contributed by atoms with Crippen LogP contribution in [0.4, 0.5) is 0 Å². The highest BCUT2D eigenvalue weighted by Gasteiger charge is 2.29. The standard InChI is InChI=1S/C27H30N8O/c1-17-26(32-33-35(17)22-8-6-20(7-9-22)30-15-28)19-13-24-27(34(16-31-24)21-10-11-21)25(14-19)36-18(2)23-5-3-4-12-29-23/h3-5,12-14,16,18,20-22,30H,6-11H2,1-2H3/t18-,20?,22?/m1/s1. The lowest BCUT2D eigenvalue weighted by atomic mass is 9.91. The molecule has 4 aromatic rings. The second kappa shape index (κ2) is 9.26. The Morgan fingerprint density at radius 1 is 1.08 bits per heavy atom. The maximum absolute atomic E-state index is 8.92. The Bertz CT molecular complexity index is 1410. The number of hydrogen-bond donors (Lipinski definition) is 1. The van der Waals surface area contributed by atoms with Gasteiger partial charge in [-0.15, -0.1) is 5.10 Å². The second-order valence-electron chi connectivity index (χ2n) is 9.97. The zero-order valence-corrected chi connectivity index (χ0v) is 20.6. The van der Waals surface area contributed by atoms with Crippen molar-refractivity contribution in [1.82, 2.24) is 34.8 Å². The van der Waals surface area contributed by atoms with E-state index in [1.54, 1.807) is 6.20 Å². The Balaban J connectivity index is 1.34. The van der Waals surface area contributed by atoms with Crippen molar-refractivity contribution in [2.24, 2.45) is 0 Å². The molecule has 0 amide bonds. The Kier molecular flexibility index (Phi) is 5.80. The maximum Gasteiger partial charge on any atom is 0.176 e. The summed E-state index contributed by atoms with van der Waals surface area (Å²) in [6.07, 6.45) is 11.8. The molecule has 2 fully saturated rings. The van der Waals surface area contributed by atoms with Gasteiger partial charge in [0, 0.05) is 23.8 Å². The number of rotatable bonds is 7. The summed E-state index contributed by atoms with van der Waals surface area (Å²) < 4.78 is 10.8. The molecule has 3 heterocycles. The molecule has 2 saturated carbocycles. The summed E-state index contributed by atoms with van der Waals surface area (Å²) in [6.45, 7) is 4.11. The fourth-order valence-corrected chi connectivity index (χ4v) is 5.37. The molecule has 2 aliphatic rings. The molecule has 0 spiro atoms. The van der Waals surface area contributed by atoms with Crippen LogP contribution in [-0.2, 0) is 0 Å². The molecule has 36 heavy (non-hydrogen) atoms. The quantitative estimate of drug-likeness (QED) is 0.291. The highest BCUT2D eigenvalue weighted by atomic mass is 16.5. The van der Waals surface area contributed by atoms with E-state index in [0.29, 0.717) is 12.1 Å². The number of imidazole rings is 1. The van der Waals surface area contributed by atoms with Gasteiger partial charge < -0.3 is 14.6 Å². The molecule has 3 aromatic heterocycles. The molecule has 9 nitrogen and oxygen atoms in total. The lowest BCUT2D eigenvalue weighted by Gasteiger charge is -2.28. The smallest absolute Gasteiger partial charge is 0.176 e. The van der Waals surface area contributed by atoms with Crippen LogP contribution in [0.25, 0.3) is 22.3 Å². The zero-order chi connectivity index (χ0) is 24.6. The number of benzene rings is 1. The van der Waals surface area contributed by atoms with Crippen LogP contribution < -0.4 is 10.1 Å². The first-order valence-corrected chi connectivity index (χ1v) is 12.8. The third-order valence-corrected chi connectivity index (χ3v) is 7.49. The second-order valence-corrected chi connectivity index (χ2v) is 9.97. The highest BCUT2D eigenvalue weighted by molar-refractivity contribution is 5.88. The third-order valence-electron chi connectivity index (χ3n) is 7.49. The summed E-state index contributed by atoms with van der Waals surface area (Å²) in [7, 11) is 0. The molecule has 0 unspecified atom stereocenters. The number of nitriles is 1. The molecule has 0 saturated heterocycles. The van der Waals surface area contributed by atoms with Gasteiger partial charge in [0.2, 0.25) is 0 Å². The molecule has 0 radical (unpaired) electrons. The van der Waals surface area contributed by atoms with Gasteiger partial charge in [-0.1, -0.05) is 11.3 Å². The molecule has 2 aliphatic carbocycles. The molecule has 0 bridgehead atoms. The van der Waals surface area contributed by atoms with Crippen LogP contribution in [0.15, 0.2) is 42.9 Å². The summed E-state index contributed by atoms with van der Waals surface area (Å²) in [5.74, 6) is 0.794. The Morgan fingerprint density at radius 2 is 1.89 bits per heavy atom. The van der Waals surface area contributed by atoms with Gasteiger partial charge in [-0.25, -0.2) is 9.67 Å². The van der Waals surface area contributed by atoms with E-state index in [1.165, 1.54) is 12.8 Å². The molecular weight excluding hydrogens is 452 g/mol. The van der Waals surface area contributed by atoms with Gasteiger partial charge in [0.25, 0.3) is 0 Å². The van der Waals surface area contributed by atoms with Crippen molar-refractivity contribution >= 4 is 11.0 Å². The number of aromatic nitrogens is 6. The summed E-state index contributed by atoms with van der Waals surface area (Å²) in [6, 6.07) is 11.1. The number of nitrogens with one attached hydrogen (secondary N) is 1. The van der Waals surface area contributed by atoms with Gasteiger partial charge in [-0.05, 0) is 76.6 Å². The molecule has 0 aliphatic heterocycles. The first kappa shape index (κ1) is 22.5. The average molecular weight is 483 g/mol. The van der Waals surface area contributed by atoms with E-state index >= 15 is 0 Å². The van der Waals surface area contributed by atoms with Crippen LogP contribution in [0.3, 0.4) is 0 Å². The Hall–Kier alpha value is -3.93. The van der Waals surface area contributed by atoms with E-state index < -0.39 is 0 Å². The molecule has 184 valence electrons. The molecule has 1 N–H and O–H groups in total. The van der Waals surface area contributed by atoms with E-state index in [-0.39, 0.29) is 12.1 Å². The van der Waals surface area contributed by atoms with E-state index in [1.807, 2.05) is 31.5 Å². The minimum atomic E-state index is -0.207. The summed E-state index contributed by atoms with van der Waals surface area (Å²) >= 11 is 0. The number of fused-ring (bicyclic) bond motifs is 1. The minimum Gasteiger partial charge on any atom is -0.482 e. The van der Waals surface area contributed by atoms with Crippen LogP contribution in [0, 0.1) is 18.4 Å². The van der Waals surface area contributed by atoms with E-state index in [9.17, 15) is 0 Å². The SMILES string of the molecule is Cc1c(-c2cc(O[C@H](C)c3ccccn3)c3c(c2)ncn3C2CC2)nnn1C1CCC(NC#N)CC1. The van der Waals surface area contributed by atoms with Crippen molar-refractivity contribution < 1.29 is 4.74 Å². The number of pyridine rings is 1. The topological polar surface area (TPSA) is 106 Å². The van der Waals surface area contributed by atoms with Crippen LogP contribution in [-0.4, -0.2) is 35.6 Å². The van der Waals surface area contributed by atoms with Crippen molar-refractivity contribution in [1.29, 1.82) is 5.26 Å². The Morgan fingerprint density at radius 3 is 2.61 bits per heavy atom. The largest absolute Gasteiger partial charge is 0.482 e. The van der Waals surface area contributed by atoms with Crippen LogP contribution in [0.1, 0.15) is 75.0 Å². The maximum atomic E-state index is 8.92. The first-order chi connectivity index (χ1) is 17.6. The van der Waals surface area contributed by atoms with Gasteiger partial charge >= 0.3 is 0 Å². The molecule has 6 rings (SSSR count). The highest BCUT2D eigenvalue weighted by Crippen LogP contribution is 2.42. The van der Waals surface area contributed by atoms with Crippen molar-refractivity contribution in [2.45, 2.75) is 76.6 Å². The normalized spacial score (nSPS) is 20.7. The summed E-state index contributed by atoms with van der Waals surface area (Å²) in [5, 5.41) is 21.0. The van der Waals surface area contributed by atoms with Crippen LogP contribution >= 0.6 is 0 Å². The fourth-order valence-electron chi connectivity index (χ4n) is 5.37. The lowest BCUT2D eigenvalue weighted by Crippen LogP contribution is -2.31. The van der Waals surface area contributed by atoms with E-state index in [4.69, 9.17) is 15.0 Å². The molecule has 9 heteroatoms. The fraction of sp³-hybridized carbons (Fsp3) is 0.444. The van der Waals surface area contributed by atoms with E-state index in [0.717, 1.165) is 65.1 Å². The number of hydrogen-bond acceptors (Lipinski definition) is 7. The van der Waals surface area contributed by atoms with Crippen molar-refractivity contribution in [3.63, 3.8) is 0 Å². The van der Waals surface area contributed by atoms with Gasteiger partial charge in [-0.2, -0.15) is 5.26 Å². The number of ether oxygens (including phenoxy) is 1. The first-order valence-electron chi connectivity index (χ1n) is 12.8. The lowest BCUT2D eigenvalue weighted by molar-refractivity contribution is 0.224. The van der Waals surface area contributed by atoms with E-state index in [2.05, 4.69) is 55.1 Å². The number of nitrogens with zero attached hydrogens (tertiary/aromatic N) is 7. The van der Waals surface area contributed by atoms with Crippen molar-refractivity contribution in [3.8, 4) is 23.2 Å². The van der Waals surface area contributed by atoms with Gasteiger partial charge in [0.05, 0.1) is 29.3 Å². The summed E-state index contributed by atoms with van der Waals surface area (Å²) in [4.78, 5) is 9.22. The predicted octanol–water partition coefficient (Wildman–Crippen LogP) is 5.03. The van der Waals surface area contributed by atoms with Crippen LogP contribution in [0.5, 0.6) is 5.75 Å². The monoisotopic (exact) mass is 482 g/mol. The predicted molar refractivity (Wildman–Crippen MR) is 135 cm³/mol. The van der Waals surface area contributed by atoms with Gasteiger partial charge in [0.1, 0.15) is 23.1 Å². The van der Waals surface area contributed by atoms with Crippen molar-refractivity contribution in [2.75, 3.05) is 0 Å². The average Bonchev–Trinajstić information content (AvgIpc) is 3.54. The molecular formula is C27H30N8O. The summed E-state index contributed by atoms with van der Waals surface area (Å²) in [5.41, 5.74) is 5.66. The zero-order valence-electron chi connectivity index (χ0n) is 20.6. The molecule has 1 atom stereocenters. The van der Waals surface area contributed by atoms with Crippen molar-refractivity contribution in [3.05, 3.63) is 54.2 Å². The Labute approximate surface area is 210 Å². The molecule has 1 aromatic carbocycles. The third kappa shape index (κ3) is 4.17. The van der Waals surface area contributed by atoms with Crippen LogP contribution in [0.2, 0.25) is 0 Å². The van der Waals surface area contributed by atoms with Gasteiger partial charge in [-0.3, -0.25) is 4.98 Å². The van der Waals surface area contributed by atoms with Gasteiger partial charge in [0.15, 0.2) is 6.19 Å². The minimum absolute atomic E-state index is 0.207.